The lowest BCUT2D eigenvalue weighted by atomic mass is 10.1. The van der Waals surface area contributed by atoms with Crippen molar-refractivity contribution >= 4 is 12.2 Å². The number of hydrogen-bond donors (Lipinski definition) is 3. The van der Waals surface area contributed by atoms with Crippen molar-refractivity contribution in [3.63, 3.8) is 0 Å². The molecular formula is C18H30N4O5. The summed E-state index contributed by atoms with van der Waals surface area (Å²) in [4.78, 5) is 22.6. The number of nitrogens with zero attached hydrogens (tertiary/aromatic N) is 4. The van der Waals surface area contributed by atoms with Gasteiger partial charge in [0, 0.05) is 19.3 Å². The second kappa shape index (κ2) is 10.5. The first-order valence-corrected chi connectivity index (χ1v) is 9.51. The molecule has 2 rings (SSSR count). The molecule has 0 radical (unpaired) electrons. The molecule has 0 bridgehead atoms. The number of aliphatic imine (C=N–C) groups is 1. The van der Waals surface area contributed by atoms with E-state index in [9.17, 15) is 15.0 Å². The first-order valence-electron chi connectivity index (χ1n) is 9.51. The maximum Gasteiger partial charge on any atom is 0.351 e. The third kappa shape index (κ3) is 5.58. The summed E-state index contributed by atoms with van der Waals surface area (Å²) in [5.74, 6) is 0.265. The summed E-state index contributed by atoms with van der Waals surface area (Å²) in [5, 5.41) is 29.0. The average Bonchev–Trinajstić information content (AvgIpc) is 2.95. The second-order valence-electron chi connectivity index (χ2n) is 6.69. The molecule has 2 heterocycles. The summed E-state index contributed by atoms with van der Waals surface area (Å²) in [6.07, 6.45) is 2.82. The summed E-state index contributed by atoms with van der Waals surface area (Å²) in [6.45, 7) is 5.62. The third-order valence-electron chi connectivity index (χ3n) is 4.56. The van der Waals surface area contributed by atoms with Gasteiger partial charge in [0.1, 0.15) is 18.3 Å². The first-order chi connectivity index (χ1) is 13.0. The zero-order valence-corrected chi connectivity index (χ0v) is 15.9. The van der Waals surface area contributed by atoms with E-state index in [0.717, 1.165) is 43.3 Å². The zero-order valence-electron chi connectivity index (χ0n) is 15.9. The largest absolute Gasteiger partial charge is 0.394 e. The highest BCUT2D eigenvalue weighted by Gasteiger charge is 2.43. The molecule has 1 aliphatic heterocycles. The Balaban J connectivity index is 2.10. The highest BCUT2D eigenvalue weighted by Crippen LogP contribution is 2.28. The van der Waals surface area contributed by atoms with Gasteiger partial charge in [-0.25, -0.2) is 9.79 Å². The predicted octanol–water partition coefficient (Wildman–Crippen LogP) is 0.417. The van der Waals surface area contributed by atoms with Gasteiger partial charge in [0.15, 0.2) is 12.0 Å². The first kappa shape index (κ1) is 21.5. The molecule has 1 saturated heterocycles. The van der Waals surface area contributed by atoms with Gasteiger partial charge in [-0.15, -0.1) is 0 Å². The van der Waals surface area contributed by atoms with Crippen molar-refractivity contribution in [3.05, 3.63) is 22.7 Å². The van der Waals surface area contributed by atoms with E-state index in [0.29, 0.717) is 0 Å². The normalized spacial score (nSPS) is 25.4. The second-order valence-corrected chi connectivity index (χ2v) is 6.69. The SMILES string of the molecule is CCCCN(C=Nc1ccn([C@@H]2O[C@H](CO)C(O)C2O)c(=O)n1)CCCC. The maximum atomic E-state index is 12.3. The third-order valence-corrected chi connectivity index (χ3v) is 4.56. The Labute approximate surface area is 158 Å². The van der Waals surface area contributed by atoms with Gasteiger partial charge in [-0.3, -0.25) is 4.57 Å². The van der Waals surface area contributed by atoms with Gasteiger partial charge in [0.2, 0.25) is 0 Å². The smallest absolute Gasteiger partial charge is 0.351 e. The van der Waals surface area contributed by atoms with Crippen LogP contribution in [0.4, 0.5) is 5.82 Å². The van der Waals surface area contributed by atoms with Crippen molar-refractivity contribution in [1.29, 1.82) is 0 Å². The van der Waals surface area contributed by atoms with Gasteiger partial charge in [-0.1, -0.05) is 26.7 Å². The standard InChI is InChI=1S/C18H30N4O5/c1-3-5-8-21(9-6-4-2)12-19-14-7-10-22(18(26)20-14)17-16(25)15(24)13(11-23)27-17/h7,10,12-13,15-17,23-25H,3-6,8-9,11H2,1-2H3/t13-,15?,16?,17-/m1/s1. The number of aromatic nitrogens is 2. The molecule has 3 N–H and O–H groups in total. The van der Waals surface area contributed by atoms with Crippen molar-refractivity contribution in [3.8, 4) is 0 Å². The van der Waals surface area contributed by atoms with Crippen LogP contribution in [0.1, 0.15) is 45.8 Å². The summed E-state index contributed by atoms with van der Waals surface area (Å²) in [5.41, 5.74) is -0.645. The van der Waals surface area contributed by atoms with Crippen LogP contribution < -0.4 is 5.69 Å². The fourth-order valence-electron chi connectivity index (χ4n) is 2.87. The van der Waals surface area contributed by atoms with E-state index >= 15 is 0 Å². The van der Waals surface area contributed by atoms with E-state index in [2.05, 4.69) is 28.7 Å². The minimum atomic E-state index is -1.32. The number of hydrogen-bond acceptors (Lipinski definition) is 7. The van der Waals surface area contributed by atoms with E-state index in [4.69, 9.17) is 9.84 Å². The Kier molecular flexibility index (Phi) is 8.36. The molecule has 0 amide bonds. The Morgan fingerprint density at radius 3 is 2.44 bits per heavy atom. The van der Waals surface area contributed by atoms with Crippen LogP contribution in [0.25, 0.3) is 0 Å². The number of aliphatic hydroxyl groups is 3. The van der Waals surface area contributed by atoms with Gasteiger partial charge in [0.25, 0.3) is 0 Å². The number of rotatable bonds is 10. The molecule has 0 aliphatic carbocycles. The van der Waals surface area contributed by atoms with E-state index in [1.54, 1.807) is 12.4 Å². The summed E-state index contributed by atoms with van der Waals surface area (Å²) in [6, 6.07) is 1.55. The molecule has 0 saturated carbocycles. The molecule has 0 aromatic carbocycles. The fraction of sp³-hybridized carbons (Fsp3) is 0.722. The van der Waals surface area contributed by atoms with Gasteiger partial charge in [0.05, 0.1) is 12.9 Å². The molecule has 152 valence electrons. The minimum Gasteiger partial charge on any atom is -0.394 e. The van der Waals surface area contributed by atoms with E-state index in [-0.39, 0.29) is 5.82 Å². The number of unbranched alkanes of at least 4 members (excludes halogenated alkanes) is 2. The van der Waals surface area contributed by atoms with Crippen LogP contribution in [0.2, 0.25) is 0 Å². The van der Waals surface area contributed by atoms with Gasteiger partial charge >= 0.3 is 5.69 Å². The van der Waals surface area contributed by atoms with Crippen LogP contribution in [-0.2, 0) is 4.74 Å². The summed E-state index contributed by atoms with van der Waals surface area (Å²) < 4.78 is 6.45. The minimum absolute atomic E-state index is 0.265. The molecule has 1 aromatic heterocycles. The van der Waals surface area contributed by atoms with Crippen LogP contribution in [0.3, 0.4) is 0 Å². The molecule has 4 atom stereocenters. The highest BCUT2D eigenvalue weighted by molar-refractivity contribution is 5.59. The van der Waals surface area contributed by atoms with Crippen molar-refractivity contribution in [1.82, 2.24) is 14.5 Å². The lowest BCUT2D eigenvalue weighted by Gasteiger charge is -2.19. The van der Waals surface area contributed by atoms with Crippen molar-refractivity contribution < 1.29 is 20.1 Å². The van der Waals surface area contributed by atoms with Crippen LogP contribution in [-0.4, -0.2) is 74.1 Å². The Morgan fingerprint density at radius 1 is 1.26 bits per heavy atom. The lowest BCUT2D eigenvalue weighted by molar-refractivity contribution is -0.0549. The molecule has 1 aromatic rings. The van der Waals surface area contributed by atoms with E-state index in [1.165, 1.54) is 6.20 Å². The quantitative estimate of drug-likeness (QED) is 0.396. The highest BCUT2D eigenvalue weighted by atomic mass is 16.6. The molecule has 1 fully saturated rings. The van der Waals surface area contributed by atoms with E-state index in [1.807, 2.05) is 0 Å². The topological polar surface area (TPSA) is 120 Å². The molecular weight excluding hydrogens is 352 g/mol. The summed E-state index contributed by atoms with van der Waals surface area (Å²) >= 11 is 0. The number of aliphatic hydroxyl groups excluding tert-OH is 3. The van der Waals surface area contributed by atoms with Gasteiger partial charge in [-0.05, 0) is 18.9 Å². The Bertz CT molecular complexity index is 657. The zero-order chi connectivity index (χ0) is 19.8. The molecule has 9 nitrogen and oxygen atoms in total. The molecule has 9 heteroatoms. The lowest BCUT2D eigenvalue weighted by Crippen LogP contribution is -2.35. The van der Waals surface area contributed by atoms with Crippen LogP contribution in [0.15, 0.2) is 22.1 Å². The van der Waals surface area contributed by atoms with Crippen molar-refractivity contribution in [2.75, 3.05) is 19.7 Å². The Hall–Kier alpha value is -1.81. The molecule has 1 aliphatic rings. The number of ether oxygens (including phenoxy) is 1. The van der Waals surface area contributed by atoms with E-state index < -0.39 is 36.8 Å². The molecule has 2 unspecified atom stereocenters. The molecule has 0 spiro atoms. The fourth-order valence-corrected chi connectivity index (χ4v) is 2.87. The van der Waals surface area contributed by atoms with Crippen molar-refractivity contribution in [2.24, 2.45) is 4.99 Å². The maximum absolute atomic E-state index is 12.3. The van der Waals surface area contributed by atoms with Crippen LogP contribution >= 0.6 is 0 Å². The van der Waals surface area contributed by atoms with Gasteiger partial charge < -0.3 is 25.0 Å². The van der Waals surface area contributed by atoms with Gasteiger partial charge in [-0.2, -0.15) is 4.98 Å². The Morgan fingerprint density at radius 2 is 1.93 bits per heavy atom. The van der Waals surface area contributed by atoms with Crippen LogP contribution in [0.5, 0.6) is 0 Å². The van der Waals surface area contributed by atoms with Crippen LogP contribution in [0, 0.1) is 0 Å². The average molecular weight is 382 g/mol. The van der Waals surface area contributed by atoms with Crippen molar-refractivity contribution in [2.45, 2.75) is 64.1 Å². The predicted molar refractivity (Wildman–Crippen MR) is 101 cm³/mol. The monoisotopic (exact) mass is 382 g/mol. The summed E-state index contributed by atoms with van der Waals surface area (Å²) in [7, 11) is 0. The molecule has 27 heavy (non-hydrogen) atoms.